The maximum Gasteiger partial charge on any atom is 0.398 e. The molecule has 0 N–H and O–H groups in total. The minimum atomic E-state index is -0.961. The van der Waals surface area contributed by atoms with E-state index in [4.69, 9.17) is 6.42 Å². The highest BCUT2D eigenvalue weighted by Gasteiger charge is 2.20. The summed E-state index contributed by atoms with van der Waals surface area (Å²) in [6.45, 7) is 7.26. The molecule has 0 aliphatic heterocycles. The zero-order valence-electron chi connectivity index (χ0n) is 8.44. The smallest absolute Gasteiger partial charge is 0.398 e. The van der Waals surface area contributed by atoms with Gasteiger partial charge in [-0.2, -0.15) is 0 Å². The first kappa shape index (κ1) is 13.0. The highest BCUT2D eigenvalue weighted by atomic mass is 16.5. The first-order chi connectivity index (χ1) is 7.17. The van der Waals surface area contributed by atoms with Crippen LogP contribution in [0.4, 0.5) is 0 Å². The Bertz CT molecular complexity index is 291. The van der Waals surface area contributed by atoms with E-state index in [0.29, 0.717) is 0 Å². The number of esters is 1. The van der Waals surface area contributed by atoms with E-state index in [0.717, 1.165) is 0 Å². The van der Waals surface area contributed by atoms with Crippen LogP contribution in [0.5, 0.6) is 0 Å². The van der Waals surface area contributed by atoms with E-state index < -0.39 is 11.9 Å². The van der Waals surface area contributed by atoms with Gasteiger partial charge in [0, 0.05) is 13.1 Å². The largest absolute Gasteiger partial charge is 0.445 e. The van der Waals surface area contributed by atoms with Gasteiger partial charge in [0.05, 0.1) is 0 Å². The number of carbonyl (C=O) groups is 2. The van der Waals surface area contributed by atoms with Crippen LogP contribution < -0.4 is 0 Å². The van der Waals surface area contributed by atoms with Gasteiger partial charge in [0.2, 0.25) is 0 Å². The third-order valence-corrected chi connectivity index (χ3v) is 1.45. The highest BCUT2D eigenvalue weighted by molar-refractivity contribution is 6.32. The summed E-state index contributed by atoms with van der Waals surface area (Å²) < 4.78 is 4.49. The van der Waals surface area contributed by atoms with Crippen LogP contribution in [0.1, 0.15) is 0 Å². The molecule has 0 rings (SSSR count). The number of ether oxygens (including phenoxy) is 1. The Morgan fingerprint density at radius 1 is 1.33 bits per heavy atom. The molecule has 0 radical (unpaired) electrons. The van der Waals surface area contributed by atoms with Crippen molar-refractivity contribution in [3.63, 3.8) is 0 Å². The van der Waals surface area contributed by atoms with E-state index in [-0.39, 0.29) is 19.7 Å². The van der Waals surface area contributed by atoms with Crippen LogP contribution in [0.2, 0.25) is 0 Å². The fourth-order valence-corrected chi connectivity index (χ4v) is 0.850. The molecule has 0 aromatic heterocycles. The lowest BCUT2D eigenvalue weighted by Gasteiger charge is -2.17. The fourth-order valence-electron chi connectivity index (χ4n) is 0.850. The second-order valence-corrected chi connectivity index (χ2v) is 2.57. The molecule has 15 heavy (non-hydrogen) atoms. The number of hydrogen-bond donors (Lipinski definition) is 0. The minimum absolute atomic E-state index is 0.208. The van der Waals surface area contributed by atoms with E-state index in [1.54, 1.807) is 0 Å². The summed E-state index contributed by atoms with van der Waals surface area (Å²) in [6.07, 6.45) is 7.91. The van der Waals surface area contributed by atoms with Crippen molar-refractivity contribution in [3.8, 4) is 12.3 Å². The molecule has 0 atom stereocenters. The number of amides is 1. The van der Waals surface area contributed by atoms with Crippen LogP contribution in [0.25, 0.3) is 0 Å². The Kier molecular flexibility index (Phi) is 6.39. The molecule has 0 unspecified atom stereocenters. The van der Waals surface area contributed by atoms with Gasteiger partial charge in [-0.3, -0.25) is 4.79 Å². The summed E-state index contributed by atoms with van der Waals surface area (Å²) in [4.78, 5) is 23.8. The summed E-state index contributed by atoms with van der Waals surface area (Å²) in [5, 5.41) is 0. The summed E-state index contributed by atoms with van der Waals surface area (Å²) in [5.41, 5.74) is 0. The third-order valence-electron chi connectivity index (χ3n) is 1.45. The van der Waals surface area contributed by atoms with Crippen molar-refractivity contribution in [2.24, 2.45) is 0 Å². The zero-order valence-corrected chi connectivity index (χ0v) is 8.44. The van der Waals surface area contributed by atoms with Crippen molar-refractivity contribution in [1.29, 1.82) is 0 Å². The maximum absolute atomic E-state index is 11.4. The quantitative estimate of drug-likeness (QED) is 0.283. The topological polar surface area (TPSA) is 46.6 Å². The van der Waals surface area contributed by atoms with Gasteiger partial charge in [0.25, 0.3) is 0 Å². The predicted octanol–water partition coefficient (Wildman–Crippen LogP) is 0.363. The third kappa shape index (κ3) is 4.67. The lowest BCUT2D eigenvalue weighted by molar-refractivity contribution is -0.158. The minimum Gasteiger partial charge on any atom is -0.445 e. The van der Waals surface area contributed by atoms with Crippen LogP contribution in [0, 0.1) is 12.3 Å². The fraction of sp³-hybridized carbons (Fsp3) is 0.273. The van der Waals surface area contributed by atoms with Crippen LogP contribution in [0.3, 0.4) is 0 Å². The van der Waals surface area contributed by atoms with Gasteiger partial charge in [-0.05, 0) is 0 Å². The zero-order chi connectivity index (χ0) is 11.7. The monoisotopic (exact) mass is 207 g/mol. The Hall–Kier alpha value is -2.02. The Labute approximate surface area is 89.2 Å². The van der Waals surface area contributed by atoms with Crippen molar-refractivity contribution in [3.05, 3.63) is 25.3 Å². The molecule has 0 aromatic rings. The summed E-state index contributed by atoms with van der Waals surface area (Å²) in [5.74, 6) is 0.396. The van der Waals surface area contributed by atoms with Gasteiger partial charge in [-0.1, -0.05) is 18.1 Å². The summed E-state index contributed by atoms with van der Waals surface area (Å²) in [7, 11) is 0. The van der Waals surface area contributed by atoms with Crippen molar-refractivity contribution in [2.75, 3.05) is 19.7 Å². The molecule has 0 spiro atoms. The molecule has 4 heteroatoms. The lowest BCUT2D eigenvalue weighted by atomic mass is 10.4. The first-order valence-corrected chi connectivity index (χ1v) is 4.28. The molecule has 0 saturated carbocycles. The standard InChI is InChI=1S/C11H13NO3/c1-4-7-12(8-5-2)10(13)11(14)15-9-6-3/h3-5H,1-2,7-9H2. The van der Waals surface area contributed by atoms with Crippen LogP contribution in [-0.2, 0) is 14.3 Å². The van der Waals surface area contributed by atoms with Gasteiger partial charge in [-0.25, -0.2) is 4.79 Å². The number of nitrogens with zero attached hydrogens (tertiary/aromatic N) is 1. The number of rotatable bonds is 5. The van der Waals surface area contributed by atoms with Gasteiger partial charge in [0.1, 0.15) is 0 Å². The van der Waals surface area contributed by atoms with Gasteiger partial charge >= 0.3 is 11.9 Å². The predicted molar refractivity (Wildman–Crippen MR) is 56.8 cm³/mol. The molecule has 80 valence electrons. The van der Waals surface area contributed by atoms with Crippen molar-refractivity contribution < 1.29 is 14.3 Å². The van der Waals surface area contributed by atoms with E-state index in [1.807, 2.05) is 0 Å². The SMILES string of the molecule is C#CCOC(=O)C(=O)N(CC=C)CC=C. The molecule has 1 amide bonds. The molecule has 0 saturated heterocycles. The van der Waals surface area contributed by atoms with Crippen molar-refractivity contribution >= 4 is 11.9 Å². The molecule has 0 heterocycles. The van der Waals surface area contributed by atoms with Gasteiger partial charge in [-0.15, -0.1) is 19.6 Å². The number of carbonyl (C=O) groups excluding carboxylic acids is 2. The molecular formula is C11H13NO3. The molecule has 0 aliphatic carbocycles. The van der Waals surface area contributed by atoms with E-state index >= 15 is 0 Å². The van der Waals surface area contributed by atoms with Crippen LogP contribution in [0.15, 0.2) is 25.3 Å². The van der Waals surface area contributed by atoms with E-state index in [2.05, 4.69) is 23.8 Å². The second kappa shape index (κ2) is 7.39. The van der Waals surface area contributed by atoms with Gasteiger partial charge in [0.15, 0.2) is 6.61 Å². The van der Waals surface area contributed by atoms with E-state index in [1.165, 1.54) is 17.1 Å². The highest BCUT2D eigenvalue weighted by Crippen LogP contribution is 1.93. The molecule has 0 bridgehead atoms. The maximum atomic E-state index is 11.4. The average molecular weight is 207 g/mol. The molecule has 0 fully saturated rings. The Balaban J connectivity index is 4.35. The second-order valence-electron chi connectivity index (χ2n) is 2.57. The van der Waals surface area contributed by atoms with E-state index in [9.17, 15) is 9.59 Å². The summed E-state index contributed by atoms with van der Waals surface area (Å²) >= 11 is 0. The normalized spacial score (nSPS) is 8.47. The molecule has 4 nitrogen and oxygen atoms in total. The lowest BCUT2D eigenvalue weighted by Crippen LogP contribution is -2.37. The van der Waals surface area contributed by atoms with Crippen molar-refractivity contribution in [1.82, 2.24) is 4.90 Å². The van der Waals surface area contributed by atoms with Crippen molar-refractivity contribution in [2.45, 2.75) is 0 Å². The molecular weight excluding hydrogens is 194 g/mol. The van der Waals surface area contributed by atoms with Crippen LogP contribution in [-0.4, -0.2) is 36.5 Å². The Morgan fingerprint density at radius 3 is 2.27 bits per heavy atom. The number of hydrogen-bond acceptors (Lipinski definition) is 3. The Morgan fingerprint density at radius 2 is 1.87 bits per heavy atom. The summed E-state index contributed by atoms with van der Waals surface area (Å²) in [6, 6.07) is 0. The molecule has 0 aliphatic rings. The van der Waals surface area contributed by atoms with Crippen LogP contribution >= 0.6 is 0 Å². The van der Waals surface area contributed by atoms with Gasteiger partial charge < -0.3 is 9.64 Å². The molecule has 0 aromatic carbocycles. The average Bonchev–Trinajstić information content (AvgIpc) is 2.24. The first-order valence-electron chi connectivity index (χ1n) is 4.28. The number of terminal acetylenes is 1.